The van der Waals surface area contributed by atoms with Gasteiger partial charge in [-0.15, -0.1) is 0 Å². The van der Waals surface area contributed by atoms with Gasteiger partial charge in [-0.25, -0.2) is 9.59 Å². The Hall–Kier alpha value is -6.78. The topological polar surface area (TPSA) is 149 Å². The van der Waals surface area contributed by atoms with E-state index in [0.717, 1.165) is 44.1 Å². The molecule has 0 aliphatic carbocycles. The first-order chi connectivity index (χ1) is 26.9. The van der Waals surface area contributed by atoms with E-state index in [2.05, 4.69) is 64.6 Å². The lowest BCUT2D eigenvalue weighted by Gasteiger charge is -2.24. The van der Waals surface area contributed by atoms with Crippen molar-refractivity contribution in [3.63, 3.8) is 0 Å². The summed E-state index contributed by atoms with van der Waals surface area (Å²) in [6, 6.07) is 18.8. The number of imide groups is 1. The third-order valence-electron chi connectivity index (χ3n) is 10.2. The number of fused-ring (bicyclic) bond motifs is 3. The zero-order chi connectivity index (χ0) is 39.4. The third-order valence-corrected chi connectivity index (χ3v) is 10.6. The molecule has 0 radical (unpaired) electrons. The lowest BCUT2D eigenvalue weighted by Crippen LogP contribution is -2.49. The average Bonchev–Trinajstić information content (AvgIpc) is 3.64. The van der Waals surface area contributed by atoms with E-state index in [1.807, 2.05) is 37.5 Å². The van der Waals surface area contributed by atoms with Crippen LogP contribution in [0.4, 0.5) is 10.6 Å². The van der Waals surface area contributed by atoms with Crippen molar-refractivity contribution >= 4 is 68.0 Å². The van der Waals surface area contributed by atoms with Crippen molar-refractivity contribution in [2.75, 3.05) is 18.0 Å². The van der Waals surface area contributed by atoms with Crippen molar-refractivity contribution < 1.29 is 14.4 Å². The molecule has 0 spiro atoms. The van der Waals surface area contributed by atoms with Gasteiger partial charge in [-0.05, 0) is 70.5 Å². The predicted octanol–water partition coefficient (Wildman–Crippen LogP) is 6.05. The second kappa shape index (κ2) is 14.1. The number of aromatic nitrogens is 6. The number of aryl methyl sites for hydroxylation is 3. The van der Waals surface area contributed by atoms with Crippen molar-refractivity contribution in [3.05, 3.63) is 105 Å². The maximum absolute atomic E-state index is 13.0. The second-order valence-corrected chi connectivity index (χ2v) is 14.4. The van der Waals surface area contributed by atoms with Crippen molar-refractivity contribution in [2.45, 2.75) is 26.2 Å². The summed E-state index contributed by atoms with van der Waals surface area (Å²) < 4.78 is 5.02. The van der Waals surface area contributed by atoms with Gasteiger partial charge in [-0.3, -0.25) is 43.6 Å². The Balaban J connectivity index is 0.983. The number of imidazole rings is 1. The van der Waals surface area contributed by atoms with Gasteiger partial charge in [-0.1, -0.05) is 55.5 Å². The molecule has 7 aromatic rings. The molecule has 1 saturated heterocycles. The van der Waals surface area contributed by atoms with Gasteiger partial charge in [-0.2, -0.15) is 5.10 Å². The molecular weight excluding hydrogens is 730 g/mol. The number of nitrogens with zero attached hydrogens (tertiary/aromatic N) is 7. The maximum Gasteiger partial charge on any atom is 0.329 e. The minimum atomic E-state index is -0.560. The van der Waals surface area contributed by atoms with Gasteiger partial charge >= 0.3 is 11.7 Å². The van der Waals surface area contributed by atoms with Crippen LogP contribution >= 0.6 is 11.6 Å². The molecule has 13 nitrogen and oxygen atoms in total. The zero-order valence-corrected chi connectivity index (χ0v) is 32.0. The fourth-order valence-electron chi connectivity index (χ4n) is 7.24. The van der Waals surface area contributed by atoms with Crippen LogP contribution in [0, 0.1) is 11.8 Å². The molecule has 8 rings (SSSR count). The molecule has 56 heavy (non-hydrogen) atoms. The molecule has 1 aliphatic rings. The quantitative estimate of drug-likeness (QED) is 0.196. The summed E-state index contributed by atoms with van der Waals surface area (Å²) >= 11 is 6.78. The molecule has 0 unspecified atom stereocenters. The van der Waals surface area contributed by atoms with Crippen LogP contribution in [0.25, 0.3) is 55.1 Å². The molecule has 1 fully saturated rings. The summed E-state index contributed by atoms with van der Waals surface area (Å²) in [7, 11) is 5.36. The molecule has 0 atom stereocenters. The standard InChI is InChI=1S/C42H36ClN9O4/c1-23(2)29-18-27(20-34-38(29)50(4)42(56)49(34)3)28-10-6-8-25-19-32(46-22-30(25)28)26-11-13-31(45-21-26)40(54)44-16-7-9-24-12-14-33-36(37(24)43)39(48-51(33)5)52-17-15-35(53)47-41(52)55/h6,8,10-14,18-23H,15-17H2,1-5H3,(H,44,54)(H,47,53,55). The number of amides is 4. The number of urea groups is 1. The number of pyridine rings is 2. The lowest BCUT2D eigenvalue weighted by atomic mass is 9.93. The Morgan fingerprint density at radius 1 is 0.946 bits per heavy atom. The van der Waals surface area contributed by atoms with E-state index >= 15 is 0 Å². The number of carbonyl (C=O) groups is 3. The number of hydrogen-bond acceptors (Lipinski definition) is 7. The smallest absolute Gasteiger partial charge is 0.329 e. The van der Waals surface area contributed by atoms with Crippen LogP contribution in [0.15, 0.2) is 77.9 Å². The van der Waals surface area contributed by atoms with E-state index in [1.54, 1.807) is 52.3 Å². The minimum Gasteiger partial charge on any atom is -0.340 e. The number of rotatable bonds is 6. The third kappa shape index (κ3) is 6.23. The van der Waals surface area contributed by atoms with Crippen molar-refractivity contribution in [2.24, 2.45) is 21.1 Å². The zero-order valence-electron chi connectivity index (χ0n) is 31.3. The van der Waals surface area contributed by atoms with Gasteiger partial charge in [0.1, 0.15) is 5.69 Å². The monoisotopic (exact) mass is 765 g/mol. The van der Waals surface area contributed by atoms with Gasteiger partial charge in [0.15, 0.2) is 5.82 Å². The van der Waals surface area contributed by atoms with E-state index in [4.69, 9.17) is 16.6 Å². The number of carbonyl (C=O) groups excluding carboxylic acids is 3. The molecule has 5 heterocycles. The molecule has 14 heteroatoms. The number of anilines is 1. The molecule has 2 N–H and O–H groups in total. The molecule has 4 aromatic heterocycles. The fraction of sp³-hybridized carbons (Fsp3) is 0.214. The van der Waals surface area contributed by atoms with Crippen molar-refractivity contribution in [1.29, 1.82) is 0 Å². The molecule has 0 bridgehead atoms. The van der Waals surface area contributed by atoms with Crippen LogP contribution in [-0.4, -0.2) is 59.8 Å². The van der Waals surface area contributed by atoms with Crippen LogP contribution in [0.1, 0.15) is 47.8 Å². The van der Waals surface area contributed by atoms with Gasteiger partial charge in [0.2, 0.25) is 5.91 Å². The summed E-state index contributed by atoms with van der Waals surface area (Å²) in [6.07, 6.45) is 3.63. The summed E-state index contributed by atoms with van der Waals surface area (Å²) in [6.45, 7) is 4.48. The predicted molar refractivity (Wildman–Crippen MR) is 217 cm³/mol. The number of hydrogen-bond donors (Lipinski definition) is 2. The average molecular weight is 766 g/mol. The Labute approximate surface area is 325 Å². The van der Waals surface area contributed by atoms with E-state index in [-0.39, 0.29) is 42.7 Å². The van der Waals surface area contributed by atoms with Crippen molar-refractivity contribution in [1.82, 2.24) is 39.5 Å². The molecular formula is C42H36ClN9O4. The minimum absolute atomic E-state index is 0.0356. The fourth-order valence-corrected chi connectivity index (χ4v) is 7.53. The number of halogens is 1. The van der Waals surface area contributed by atoms with Crippen LogP contribution in [0.5, 0.6) is 0 Å². The Kier molecular flexibility index (Phi) is 9.14. The highest BCUT2D eigenvalue weighted by molar-refractivity contribution is 6.38. The highest BCUT2D eigenvalue weighted by Gasteiger charge is 2.29. The molecule has 280 valence electrons. The van der Waals surface area contributed by atoms with E-state index in [9.17, 15) is 19.2 Å². The van der Waals surface area contributed by atoms with Gasteiger partial charge < -0.3 is 5.32 Å². The highest BCUT2D eigenvalue weighted by atomic mass is 35.5. The maximum atomic E-state index is 13.0. The molecule has 1 aliphatic heterocycles. The summed E-state index contributed by atoms with van der Waals surface area (Å²) in [5, 5.41) is 12.4. The molecule has 3 aromatic carbocycles. The normalized spacial score (nSPS) is 13.1. The van der Waals surface area contributed by atoms with Gasteiger partial charge in [0.25, 0.3) is 5.91 Å². The number of nitrogens with one attached hydrogen (secondary N) is 2. The van der Waals surface area contributed by atoms with Gasteiger partial charge in [0.05, 0.1) is 39.2 Å². The van der Waals surface area contributed by atoms with Crippen LogP contribution in [-0.2, 0) is 25.9 Å². The Morgan fingerprint density at radius 2 is 1.77 bits per heavy atom. The Bertz CT molecular complexity index is 2910. The second-order valence-electron chi connectivity index (χ2n) is 14.0. The SMILES string of the molecule is CC(C)c1cc(-c2cccc3cc(-c4ccc(C(=O)NCC#Cc5ccc6c(c(N7CCC(=O)NC7=O)nn6C)c5Cl)nc4)ncc23)cc2c1n(C)c(=O)n2C. The van der Waals surface area contributed by atoms with Gasteiger partial charge in [0, 0.05) is 63.0 Å². The first kappa shape index (κ1) is 36.2. The number of benzene rings is 3. The first-order valence-corrected chi connectivity index (χ1v) is 18.4. The van der Waals surface area contributed by atoms with Crippen LogP contribution in [0.2, 0.25) is 5.02 Å². The highest BCUT2D eigenvalue weighted by Crippen LogP contribution is 2.37. The molecule has 4 amide bonds. The van der Waals surface area contributed by atoms with E-state index < -0.39 is 11.9 Å². The van der Waals surface area contributed by atoms with E-state index in [0.29, 0.717) is 33.0 Å². The van der Waals surface area contributed by atoms with E-state index in [1.165, 1.54) is 4.90 Å². The molecule has 0 saturated carbocycles. The summed E-state index contributed by atoms with van der Waals surface area (Å²) in [4.78, 5) is 60.6. The Morgan fingerprint density at radius 3 is 2.52 bits per heavy atom. The lowest BCUT2D eigenvalue weighted by molar-refractivity contribution is -0.120. The van der Waals surface area contributed by atoms with Crippen LogP contribution < -0.4 is 21.2 Å². The summed E-state index contributed by atoms with van der Waals surface area (Å²) in [5.74, 6) is 5.75. The largest absolute Gasteiger partial charge is 0.340 e. The summed E-state index contributed by atoms with van der Waals surface area (Å²) in [5.41, 5.74) is 7.80. The van der Waals surface area contributed by atoms with Crippen molar-refractivity contribution in [3.8, 4) is 34.2 Å². The first-order valence-electron chi connectivity index (χ1n) is 18.0. The van der Waals surface area contributed by atoms with Crippen LogP contribution in [0.3, 0.4) is 0 Å².